The molecule has 0 radical (unpaired) electrons. The van der Waals surface area contributed by atoms with Crippen molar-refractivity contribution >= 4 is 5.71 Å². The Labute approximate surface area is 173 Å². The second-order valence-corrected chi connectivity index (χ2v) is 6.92. The van der Waals surface area contributed by atoms with Crippen molar-refractivity contribution in [3.8, 4) is 45.8 Å². The van der Waals surface area contributed by atoms with Gasteiger partial charge in [-0.3, -0.25) is 15.4 Å². The summed E-state index contributed by atoms with van der Waals surface area (Å²) >= 11 is 0. The standard InChI is InChI=1S/C25H13N5/c26-13-15-9-21-19(11-17(15)23-5-1-3-7-29-23)20-12-18(24-6-2-4-8-30-24)16(14-27)10-22(20)25(21)28/h1-12,28H. The summed E-state index contributed by atoms with van der Waals surface area (Å²) < 4.78 is 0. The summed E-state index contributed by atoms with van der Waals surface area (Å²) in [6, 6.07) is 22.9. The van der Waals surface area contributed by atoms with Crippen LogP contribution in [0.25, 0.3) is 33.6 Å². The van der Waals surface area contributed by atoms with Crippen molar-refractivity contribution in [2.45, 2.75) is 0 Å². The molecule has 5 nitrogen and oxygen atoms in total. The van der Waals surface area contributed by atoms with Gasteiger partial charge in [0.1, 0.15) is 0 Å². The minimum atomic E-state index is 0.313. The highest BCUT2D eigenvalue weighted by Crippen LogP contribution is 2.42. The Morgan fingerprint density at radius 3 is 1.43 bits per heavy atom. The number of pyridine rings is 2. The highest BCUT2D eigenvalue weighted by molar-refractivity contribution is 6.24. The molecule has 1 aliphatic carbocycles. The van der Waals surface area contributed by atoms with E-state index in [1.165, 1.54) is 0 Å². The molecule has 5 rings (SSSR count). The number of benzene rings is 2. The average molecular weight is 383 g/mol. The Kier molecular flexibility index (Phi) is 3.95. The molecule has 2 aromatic carbocycles. The molecule has 4 aromatic rings. The zero-order valence-corrected chi connectivity index (χ0v) is 15.7. The minimum Gasteiger partial charge on any atom is -0.300 e. The third kappa shape index (κ3) is 2.58. The van der Waals surface area contributed by atoms with Crippen molar-refractivity contribution < 1.29 is 0 Å². The summed E-state index contributed by atoms with van der Waals surface area (Å²) in [5.74, 6) is 0. The summed E-state index contributed by atoms with van der Waals surface area (Å²) in [6.45, 7) is 0. The molecule has 1 aliphatic rings. The molecule has 0 atom stereocenters. The molecule has 0 bridgehead atoms. The predicted octanol–water partition coefficient (Wildman–Crippen LogP) is 4.95. The summed E-state index contributed by atoms with van der Waals surface area (Å²) in [5.41, 5.74) is 7.19. The second kappa shape index (κ2) is 6.77. The van der Waals surface area contributed by atoms with Gasteiger partial charge in [0.05, 0.1) is 40.4 Å². The number of rotatable bonds is 2. The molecule has 5 heteroatoms. The number of nitrogens with zero attached hydrogens (tertiary/aromatic N) is 4. The average Bonchev–Trinajstić information content (AvgIpc) is 3.08. The molecule has 0 spiro atoms. The van der Waals surface area contributed by atoms with Gasteiger partial charge in [-0.2, -0.15) is 10.5 Å². The van der Waals surface area contributed by atoms with Gasteiger partial charge in [-0.1, -0.05) is 12.1 Å². The quantitative estimate of drug-likeness (QED) is 0.466. The first-order valence-electron chi connectivity index (χ1n) is 9.30. The van der Waals surface area contributed by atoms with Gasteiger partial charge in [0, 0.05) is 34.6 Å². The summed E-state index contributed by atoms with van der Waals surface area (Å²) in [6.07, 6.45) is 3.39. The minimum absolute atomic E-state index is 0.313. The van der Waals surface area contributed by atoms with Crippen LogP contribution in [0.5, 0.6) is 0 Å². The van der Waals surface area contributed by atoms with E-state index in [2.05, 4.69) is 22.1 Å². The maximum absolute atomic E-state index is 9.69. The lowest BCUT2D eigenvalue weighted by Crippen LogP contribution is -1.98. The SMILES string of the molecule is N#Cc1cc2c(cc1-c1ccccn1)-c1cc(-c3ccccn3)c(C#N)cc1C2=N. The maximum atomic E-state index is 9.69. The molecule has 0 amide bonds. The fourth-order valence-electron chi connectivity index (χ4n) is 3.86. The van der Waals surface area contributed by atoms with Crippen LogP contribution < -0.4 is 0 Å². The number of hydrogen-bond acceptors (Lipinski definition) is 5. The molecule has 30 heavy (non-hydrogen) atoms. The Hall–Kier alpha value is -4.61. The normalized spacial score (nSPS) is 11.3. The van der Waals surface area contributed by atoms with Crippen molar-refractivity contribution in [1.29, 1.82) is 15.9 Å². The number of fused-ring (bicyclic) bond motifs is 3. The summed E-state index contributed by atoms with van der Waals surface area (Å²) in [4.78, 5) is 8.79. The smallest absolute Gasteiger partial charge is 0.0999 e. The molecule has 2 aromatic heterocycles. The van der Waals surface area contributed by atoms with E-state index in [-0.39, 0.29) is 0 Å². The number of nitrogens with one attached hydrogen (secondary N) is 1. The van der Waals surface area contributed by atoms with E-state index in [1.54, 1.807) is 24.5 Å². The first kappa shape index (κ1) is 17.5. The van der Waals surface area contributed by atoms with Crippen LogP contribution in [-0.2, 0) is 0 Å². The first-order valence-corrected chi connectivity index (χ1v) is 9.30. The number of nitriles is 2. The van der Waals surface area contributed by atoms with Crippen molar-refractivity contribution in [2.75, 3.05) is 0 Å². The van der Waals surface area contributed by atoms with Crippen molar-refractivity contribution in [2.24, 2.45) is 0 Å². The molecule has 0 aliphatic heterocycles. The van der Waals surface area contributed by atoms with Gasteiger partial charge in [0.25, 0.3) is 0 Å². The zero-order chi connectivity index (χ0) is 20.7. The van der Waals surface area contributed by atoms with Crippen LogP contribution in [0.1, 0.15) is 22.3 Å². The Morgan fingerprint density at radius 1 is 0.600 bits per heavy atom. The summed E-state index contributed by atoms with van der Waals surface area (Å²) in [7, 11) is 0. The largest absolute Gasteiger partial charge is 0.300 e. The highest BCUT2D eigenvalue weighted by atomic mass is 14.7. The zero-order valence-electron chi connectivity index (χ0n) is 15.7. The Morgan fingerprint density at radius 2 is 1.07 bits per heavy atom. The molecule has 0 unspecified atom stereocenters. The van der Waals surface area contributed by atoms with E-state index in [4.69, 9.17) is 5.41 Å². The van der Waals surface area contributed by atoms with E-state index in [9.17, 15) is 10.5 Å². The van der Waals surface area contributed by atoms with E-state index >= 15 is 0 Å². The highest BCUT2D eigenvalue weighted by Gasteiger charge is 2.28. The van der Waals surface area contributed by atoms with Crippen LogP contribution in [-0.4, -0.2) is 15.7 Å². The van der Waals surface area contributed by atoms with E-state index in [0.29, 0.717) is 39.4 Å². The lowest BCUT2D eigenvalue weighted by atomic mass is 9.94. The van der Waals surface area contributed by atoms with Gasteiger partial charge in [-0.05, 0) is 59.7 Å². The lowest BCUT2D eigenvalue weighted by Gasteiger charge is -2.09. The maximum Gasteiger partial charge on any atom is 0.0999 e. The second-order valence-electron chi connectivity index (χ2n) is 6.92. The molecular formula is C25H13N5. The molecule has 2 heterocycles. The van der Waals surface area contributed by atoms with Crippen molar-refractivity contribution in [1.82, 2.24) is 9.97 Å². The Balaban J connectivity index is 1.79. The van der Waals surface area contributed by atoms with Crippen LogP contribution in [0.4, 0.5) is 0 Å². The molecule has 1 N–H and O–H groups in total. The van der Waals surface area contributed by atoms with Crippen LogP contribution in [0, 0.1) is 28.1 Å². The van der Waals surface area contributed by atoms with Crippen LogP contribution in [0.15, 0.2) is 73.1 Å². The van der Waals surface area contributed by atoms with Gasteiger partial charge < -0.3 is 0 Å². The van der Waals surface area contributed by atoms with Crippen molar-refractivity contribution in [3.05, 3.63) is 95.3 Å². The van der Waals surface area contributed by atoms with Crippen molar-refractivity contribution in [3.63, 3.8) is 0 Å². The van der Waals surface area contributed by atoms with E-state index < -0.39 is 0 Å². The topological polar surface area (TPSA) is 97.2 Å². The summed E-state index contributed by atoms with van der Waals surface area (Å²) in [5, 5.41) is 28.0. The van der Waals surface area contributed by atoms with E-state index in [1.807, 2.05) is 48.5 Å². The van der Waals surface area contributed by atoms with Crippen LogP contribution >= 0.6 is 0 Å². The molecule has 0 saturated carbocycles. The van der Waals surface area contributed by atoms with Gasteiger partial charge in [0.15, 0.2) is 0 Å². The van der Waals surface area contributed by atoms with E-state index in [0.717, 1.165) is 22.3 Å². The fourth-order valence-corrected chi connectivity index (χ4v) is 3.86. The number of hydrogen-bond donors (Lipinski definition) is 1. The predicted molar refractivity (Wildman–Crippen MR) is 114 cm³/mol. The Bertz CT molecular complexity index is 1300. The van der Waals surface area contributed by atoms with Gasteiger partial charge in [-0.15, -0.1) is 0 Å². The third-order valence-electron chi connectivity index (χ3n) is 5.27. The van der Waals surface area contributed by atoms with Gasteiger partial charge in [-0.25, -0.2) is 0 Å². The van der Waals surface area contributed by atoms with Crippen LogP contribution in [0.2, 0.25) is 0 Å². The third-order valence-corrected chi connectivity index (χ3v) is 5.27. The molecular weight excluding hydrogens is 370 g/mol. The van der Waals surface area contributed by atoms with Crippen LogP contribution in [0.3, 0.4) is 0 Å². The van der Waals surface area contributed by atoms with Gasteiger partial charge >= 0.3 is 0 Å². The first-order chi connectivity index (χ1) is 14.7. The lowest BCUT2D eigenvalue weighted by molar-refractivity contribution is 1.31. The van der Waals surface area contributed by atoms with Gasteiger partial charge in [0.2, 0.25) is 0 Å². The fraction of sp³-hybridized carbons (Fsp3) is 0. The molecule has 138 valence electrons. The number of aromatic nitrogens is 2. The molecule has 0 fully saturated rings. The monoisotopic (exact) mass is 383 g/mol. The molecule has 0 saturated heterocycles.